The maximum absolute atomic E-state index is 6.17. The van der Waals surface area contributed by atoms with Crippen molar-refractivity contribution in [2.45, 2.75) is 6.54 Å². The first-order valence-electron chi connectivity index (χ1n) is 5.53. The van der Waals surface area contributed by atoms with E-state index in [1.807, 2.05) is 12.1 Å². The fourth-order valence-corrected chi connectivity index (χ4v) is 2.18. The SMILES string of the molecule is COc1cc(Cl)c(NCc2ccc(Br)o2)cc1OC. The second-order valence-electron chi connectivity index (χ2n) is 3.75. The Labute approximate surface area is 124 Å². The molecule has 4 nitrogen and oxygen atoms in total. The van der Waals surface area contributed by atoms with Crippen LogP contribution in [0.4, 0.5) is 5.69 Å². The predicted molar refractivity (Wildman–Crippen MR) is 78.3 cm³/mol. The summed E-state index contributed by atoms with van der Waals surface area (Å²) in [5.74, 6) is 2.02. The molecule has 0 aliphatic rings. The van der Waals surface area contributed by atoms with Crippen molar-refractivity contribution in [2.75, 3.05) is 19.5 Å². The highest BCUT2D eigenvalue weighted by molar-refractivity contribution is 9.10. The van der Waals surface area contributed by atoms with Crippen LogP contribution in [0.25, 0.3) is 0 Å². The van der Waals surface area contributed by atoms with Crippen molar-refractivity contribution in [3.05, 3.63) is 39.7 Å². The van der Waals surface area contributed by atoms with Gasteiger partial charge in [0.15, 0.2) is 16.2 Å². The molecule has 0 aliphatic heterocycles. The molecule has 0 radical (unpaired) electrons. The molecule has 1 aromatic carbocycles. The number of hydrogen-bond donors (Lipinski definition) is 1. The number of nitrogens with one attached hydrogen (secondary N) is 1. The number of halogens is 2. The minimum absolute atomic E-state index is 0.529. The summed E-state index contributed by atoms with van der Waals surface area (Å²) in [7, 11) is 3.15. The summed E-state index contributed by atoms with van der Waals surface area (Å²) in [6, 6.07) is 7.22. The molecule has 1 heterocycles. The van der Waals surface area contributed by atoms with Gasteiger partial charge in [-0.05, 0) is 28.1 Å². The van der Waals surface area contributed by atoms with Crippen LogP contribution in [0.15, 0.2) is 33.4 Å². The maximum Gasteiger partial charge on any atom is 0.169 e. The summed E-state index contributed by atoms with van der Waals surface area (Å²) in [6.45, 7) is 0.529. The topological polar surface area (TPSA) is 43.6 Å². The summed E-state index contributed by atoms with van der Waals surface area (Å²) in [4.78, 5) is 0. The highest BCUT2D eigenvalue weighted by Crippen LogP contribution is 2.36. The normalized spacial score (nSPS) is 10.3. The Morgan fingerprint density at radius 1 is 1.21 bits per heavy atom. The first-order chi connectivity index (χ1) is 9.13. The molecule has 102 valence electrons. The molecule has 0 saturated carbocycles. The molecule has 0 amide bonds. The van der Waals surface area contributed by atoms with Gasteiger partial charge in [0.05, 0.1) is 31.5 Å². The van der Waals surface area contributed by atoms with Crippen LogP contribution in [-0.4, -0.2) is 14.2 Å². The van der Waals surface area contributed by atoms with Gasteiger partial charge in [-0.3, -0.25) is 0 Å². The molecule has 19 heavy (non-hydrogen) atoms. The largest absolute Gasteiger partial charge is 0.493 e. The Morgan fingerprint density at radius 2 is 1.89 bits per heavy atom. The van der Waals surface area contributed by atoms with Crippen LogP contribution in [-0.2, 0) is 6.54 Å². The van der Waals surface area contributed by atoms with Gasteiger partial charge in [0.1, 0.15) is 5.76 Å². The smallest absolute Gasteiger partial charge is 0.169 e. The highest BCUT2D eigenvalue weighted by atomic mass is 79.9. The molecular weight excluding hydrogens is 334 g/mol. The molecule has 0 spiro atoms. The van der Waals surface area contributed by atoms with E-state index in [0.29, 0.717) is 27.7 Å². The molecule has 0 atom stereocenters. The number of ether oxygens (including phenoxy) is 2. The molecule has 0 fully saturated rings. The quantitative estimate of drug-likeness (QED) is 0.875. The van der Waals surface area contributed by atoms with Gasteiger partial charge >= 0.3 is 0 Å². The zero-order valence-corrected chi connectivity index (χ0v) is 12.8. The standard InChI is InChI=1S/C13H13BrClNO3/c1-17-11-5-9(15)10(6-12(11)18-2)16-7-8-3-4-13(14)19-8/h3-6,16H,7H2,1-2H3. The van der Waals surface area contributed by atoms with Crippen molar-refractivity contribution in [3.63, 3.8) is 0 Å². The van der Waals surface area contributed by atoms with Gasteiger partial charge in [-0.15, -0.1) is 0 Å². The maximum atomic E-state index is 6.17. The van der Waals surface area contributed by atoms with Crippen LogP contribution in [0.5, 0.6) is 11.5 Å². The minimum atomic E-state index is 0.529. The molecule has 1 N–H and O–H groups in total. The number of methoxy groups -OCH3 is 2. The molecule has 0 aliphatic carbocycles. The second-order valence-corrected chi connectivity index (χ2v) is 4.94. The van der Waals surface area contributed by atoms with E-state index in [9.17, 15) is 0 Å². The Balaban J connectivity index is 2.15. The van der Waals surface area contributed by atoms with Gasteiger partial charge in [-0.25, -0.2) is 0 Å². The van der Waals surface area contributed by atoms with E-state index in [2.05, 4.69) is 21.2 Å². The van der Waals surface area contributed by atoms with Crippen LogP contribution in [0.1, 0.15) is 5.76 Å². The van der Waals surface area contributed by atoms with Crippen molar-refractivity contribution in [2.24, 2.45) is 0 Å². The van der Waals surface area contributed by atoms with E-state index < -0.39 is 0 Å². The monoisotopic (exact) mass is 345 g/mol. The predicted octanol–water partition coefficient (Wildman–Crippen LogP) is 4.32. The van der Waals surface area contributed by atoms with E-state index >= 15 is 0 Å². The first-order valence-corrected chi connectivity index (χ1v) is 6.70. The van der Waals surface area contributed by atoms with Crippen molar-refractivity contribution in [1.29, 1.82) is 0 Å². The number of anilines is 1. The lowest BCUT2D eigenvalue weighted by Gasteiger charge is -2.12. The average molecular weight is 347 g/mol. The summed E-state index contributed by atoms with van der Waals surface area (Å²) < 4.78 is 16.5. The lowest BCUT2D eigenvalue weighted by Crippen LogP contribution is -2.00. The number of hydrogen-bond acceptors (Lipinski definition) is 4. The average Bonchev–Trinajstić information content (AvgIpc) is 2.82. The van der Waals surface area contributed by atoms with Crippen molar-refractivity contribution >= 4 is 33.2 Å². The molecule has 0 unspecified atom stereocenters. The lowest BCUT2D eigenvalue weighted by molar-refractivity contribution is 0.355. The van der Waals surface area contributed by atoms with E-state index in [4.69, 9.17) is 25.5 Å². The Hall–Kier alpha value is -1.33. The Kier molecular flexibility index (Phi) is 4.61. The molecule has 6 heteroatoms. The summed E-state index contributed by atoms with van der Waals surface area (Å²) in [6.07, 6.45) is 0. The van der Waals surface area contributed by atoms with E-state index in [1.165, 1.54) is 0 Å². The molecule has 2 rings (SSSR count). The van der Waals surface area contributed by atoms with Crippen molar-refractivity contribution in [3.8, 4) is 11.5 Å². The van der Waals surface area contributed by atoms with Gasteiger partial charge < -0.3 is 19.2 Å². The molecule has 2 aromatic rings. The third-order valence-electron chi connectivity index (χ3n) is 2.56. The van der Waals surface area contributed by atoms with Gasteiger partial charge in [-0.1, -0.05) is 11.6 Å². The van der Waals surface area contributed by atoms with E-state index in [-0.39, 0.29) is 0 Å². The zero-order chi connectivity index (χ0) is 13.8. The van der Waals surface area contributed by atoms with Crippen LogP contribution >= 0.6 is 27.5 Å². The van der Waals surface area contributed by atoms with Crippen molar-refractivity contribution in [1.82, 2.24) is 0 Å². The van der Waals surface area contributed by atoms with Gasteiger partial charge in [-0.2, -0.15) is 0 Å². The van der Waals surface area contributed by atoms with Crippen molar-refractivity contribution < 1.29 is 13.9 Å². The fraction of sp³-hybridized carbons (Fsp3) is 0.231. The zero-order valence-electron chi connectivity index (χ0n) is 10.5. The van der Waals surface area contributed by atoms with Crippen LogP contribution in [0.2, 0.25) is 5.02 Å². The third kappa shape index (κ3) is 3.36. The third-order valence-corrected chi connectivity index (χ3v) is 3.29. The van der Waals surface area contributed by atoms with Crippen LogP contribution in [0, 0.1) is 0 Å². The Bertz CT molecular complexity index is 571. The lowest BCUT2D eigenvalue weighted by atomic mass is 10.2. The second kappa shape index (κ2) is 6.21. The van der Waals surface area contributed by atoms with E-state index in [0.717, 1.165) is 11.4 Å². The first kappa shape index (κ1) is 14.1. The molecule has 0 bridgehead atoms. The van der Waals surface area contributed by atoms with Crippen LogP contribution in [0.3, 0.4) is 0 Å². The highest BCUT2D eigenvalue weighted by Gasteiger charge is 2.10. The van der Waals surface area contributed by atoms with Gasteiger partial charge in [0.25, 0.3) is 0 Å². The van der Waals surface area contributed by atoms with Gasteiger partial charge in [0.2, 0.25) is 0 Å². The molecule has 1 aromatic heterocycles. The number of rotatable bonds is 5. The summed E-state index contributed by atoms with van der Waals surface area (Å²) >= 11 is 9.43. The minimum Gasteiger partial charge on any atom is -0.493 e. The fourth-order valence-electron chi connectivity index (χ4n) is 1.62. The Morgan fingerprint density at radius 3 is 2.47 bits per heavy atom. The van der Waals surface area contributed by atoms with Gasteiger partial charge in [0, 0.05) is 12.1 Å². The van der Waals surface area contributed by atoms with E-state index in [1.54, 1.807) is 26.4 Å². The molecular formula is C13H13BrClNO3. The number of benzene rings is 1. The van der Waals surface area contributed by atoms with Crippen LogP contribution < -0.4 is 14.8 Å². The summed E-state index contributed by atoms with van der Waals surface area (Å²) in [5, 5.41) is 3.75. The molecule has 0 saturated heterocycles. The summed E-state index contributed by atoms with van der Waals surface area (Å²) in [5.41, 5.74) is 0.756. The number of furan rings is 1.